The average Bonchev–Trinajstić information content (AvgIpc) is 2.50. The molecule has 1 aromatic heterocycles. The molecule has 0 unspecified atom stereocenters. The maximum Gasteiger partial charge on any atom is 0.300 e. The lowest BCUT2D eigenvalue weighted by Gasteiger charge is -2.18. The molecule has 0 fully saturated rings. The number of aliphatic imine (C=N–C) groups is 1. The summed E-state index contributed by atoms with van der Waals surface area (Å²) in [5.41, 5.74) is 4.71. The van der Waals surface area contributed by atoms with Crippen LogP contribution in [0.4, 0.5) is 11.5 Å². The molecule has 0 aromatic carbocycles. The van der Waals surface area contributed by atoms with Crippen molar-refractivity contribution in [2.75, 3.05) is 19.5 Å². The maximum absolute atomic E-state index is 11.8. The fourth-order valence-electron chi connectivity index (χ4n) is 1.44. The summed E-state index contributed by atoms with van der Waals surface area (Å²) in [6.45, 7) is -0.730. The Balaban J connectivity index is 3.05. The summed E-state index contributed by atoms with van der Waals surface area (Å²) in [5, 5.41) is 36.8. The Morgan fingerprint density at radius 3 is 2.62 bits per heavy atom. The lowest BCUT2D eigenvalue weighted by atomic mass is 10.1. The first-order valence-electron chi connectivity index (χ1n) is 5.93. The van der Waals surface area contributed by atoms with Crippen molar-refractivity contribution in [3.05, 3.63) is 10.4 Å². The number of ether oxygens (including phenoxy) is 1. The Labute approximate surface area is 119 Å². The van der Waals surface area contributed by atoms with E-state index in [9.17, 15) is 20.1 Å². The lowest BCUT2D eigenvalue weighted by Crippen LogP contribution is -2.40. The molecule has 10 nitrogen and oxygen atoms in total. The van der Waals surface area contributed by atoms with Gasteiger partial charge in [0, 0.05) is 13.3 Å². The molecule has 0 saturated carbocycles. The van der Waals surface area contributed by atoms with Gasteiger partial charge in [-0.1, -0.05) is 0 Å². The van der Waals surface area contributed by atoms with Gasteiger partial charge in [0.05, 0.1) is 13.7 Å². The van der Waals surface area contributed by atoms with E-state index in [1.807, 2.05) is 0 Å². The number of aromatic nitrogens is 2. The molecule has 0 aliphatic rings. The second-order valence-electron chi connectivity index (χ2n) is 4.21. The first kappa shape index (κ1) is 17.0. The average molecular weight is 302 g/mol. The highest BCUT2D eigenvalue weighted by Crippen LogP contribution is 2.17. The number of rotatable bonds is 6. The molecule has 0 aliphatic carbocycles. The van der Waals surface area contributed by atoms with Crippen LogP contribution in [0.5, 0.6) is 6.01 Å². The van der Waals surface area contributed by atoms with Crippen LogP contribution in [0.2, 0.25) is 0 Å². The molecule has 0 radical (unpaired) electrons. The van der Waals surface area contributed by atoms with Crippen molar-refractivity contribution < 1.29 is 25.2 Å². The summed E-state index contributed by atoms with van der Waals surface area (Å²) in [6, 6.07) is -0.0354. The fourth-order valence-corrected chi connectivity index (χ4v) is 1.44. The lowest BCUT2D eigenvalue weighted by molar-refractivity contribution is -0.0541. The van der Waals surface area contributed by atoms with Gasteiger partial charge < -0.3 is 30.9 Å². The number of aliphatic hydroxyl groups is 4. The highest BCUT2D eigenvalue weighted by molar-refractivity contribution is 5.71. The number of hydrogen-bond donors (Lipinski definition) is 5. The maximum atomic E-state index is 11.8. The Morgan fingerprint density at radius 1 is 1.48 bits per heavy atom. The number of methoxy groups -OCH3 is 1. The van der Waals surface area contributed by atoms with Crippen molar-refractivity contribution in [2.45, 2.75) is 18.3 Å². The number of aliphatic hydroxyl groups excluding tert-OH is 4. The number of nitrogen functional groups attached to an aromatic ring is 1. The number of nitrogens with two attached hydrogens (primary N) is 1. The van der Waals surface area contributed by atoms with Gasteiger partial charge in [0.1, 0.15) is 24.0 Å². The quantitative estimate of drug-likeness (QED) is 0.350. The van der Waals surface area contributed by atoms with E-state index in [2.05, 4.69) is 9.98 Å². The topological polar surface area (TPSA) is 163 Å². The Morgan fingerprint density at radius 2 is 2.10 bits per heavy atom. The Bertz CT molecular complexity index is 573. The van der Waals surface area contributed by atoms with E-state index in [1.165, 1.54) is 14.2 Å². The molecule has 6 N–H and O–H groups in total. The third kappa shape index (κ3) is 3.76. The number of nitrogens with zero attached hydrogens (tertiary/aromatic N) is 3. The van der Waals surface area contributed by atoms with Crippen molar-refractivity contribution in [3.8, 4) is 6.01 Å². The zero-order valence-corrected chi connectivity index (χ0v) is 11.5. The van der Waals surface area contributed by atoms with E-state index in [0.29, 0.717) is 0 Å². The van der Waals surface area contributed by atoms with E-state index < -0.39 is 30.5 Å². The summed E-state index contributed by atoms with van der Waals surface area (Å²) in [7, 11) is 2.72. The number of hydrogen-bond acceptors (Lipinski definition) is 9. The van der Waals surface area contributed by atoms with E-state index in [0.717, 1.165) is 10.8 Å². The molecule has 0 amide bonds. The van der Waals surface area contributed by atoms with E-state index in [-0.39, 0.29) is 17.5 Å². The highest BCUT2D eigenvalue weighted by atomic mass is 16.5. The van der Waals surface area contributed by atoms with Gasteiger partial charge in [0.25, 0.3) is 5.56 Å². The molecule has 10 heteroatoms. The minimum absolute atomic E-state index is 0.0354. The molecule has 3 atom stereocenters. The van der Waals surface area contributed by atoms with E-state index in [4.69, 9.17) is 15.6 Å². The molecular weight excluding hydrogens is 284 g/mol. The first-order valence-corrected chi connectivity index (χ1v) is 5.93. The van der Waals surface area contributed by atoms with Crippen molar-refractivity contribution in [3.63, 3.8) is 0 Å². The minimum atomic E-state index is -1.64. The van der Waals surface area contributed by atoms with Gasteiger partial charge in [-0.15, -0.1) is 0 Å². The van der Waals surface area contributed by atoms with Crippen LogP contribution in [-0.2, 0) is 7.05 Å². The Hall–Kier alpha value is -2.01. The summed E-state index contributed by atoms with van der Waals surface area (Å²) >= 11 is 0. The van der Waals surface area contributed by atoms with Crippen LogP contribution in [-0.4, -0.2) is 68.2 Å². The summed E-state index contributed by atoms with van der Waals surface area (Å²) < 4.78 is 5.95. The predicted molar refractivity (Wildman–Crippen MR) is 73.7 cm³/mol. The SMILES string of the molecule is COc1nc(/N=C/[C@H](O)[C@H](O)[C@H](O)CO)c(N)c(=O)n1C. The third-order valence-electron chi connectivity index (χ3n) is 2.73. The molecule has 1 aromatic rings. The molecule has 21 heavy (non-hydrogen) atoms. The zero-order valence-electron chi connectivity index (χ0n) is 11.5. The molecule has 1 heterocycles. The van der Waals surface area contributed by atoms with Crippen molar-refractivity contribution in [2.24, 2.45) is 12.0 Å². The summed E-state index contributed by atoms with van der Waals surface area (Å²) in [4.78, 5) is 19.3. The van der Waals surface area contributed by atoms with Crippen LogP contribution in [0.25, 0.3) is 0 Å². The molecule has 1 rings (SSSR count). The molecule has 0 aliphatic heterocycles. The van der Waals surface area contributed by atoms with Gasteiger partial charge in [0.2, 0.25) is 0 Å². The van der Waals surface area contributed by atoms with Crippen molar-refractivity contribution >= 4 is 17.7 Å². The number of anilines is 1. The zero-order chi connectivity index (χ0) is 16.2. The molecule has 118 valence electrons. The molecule has 0 spiro atoms. The fraction of sp³-hybridized carbons (Fsp3) is 0.545. The van der Waals surface area contributed by atoms with Gasteiger partial charge in [0.15, 0.2) is 5.82 Å². The van der Waals surface area contributed by atoms with Crippen molar-refractivity contribution in [1.29, 1.82) is 0 Å². The van der Waals surface area contributed by atoms with Gasteiger partial charge in [-0.05, 0) is 0 Å². The van der Waals surface area contributed by atoms with Gasteiger partial charge in [-0.2, -0.15) is 4.98 Å². The van der Waals surface area contributed by atoms with E-state index in [1.54, 1.807) is 0 Å². The van der Waals surface area contributed by atoms with Crippen LogP contribution < -0.4 is 16.0 Å². The monoisotopic (exact) mass is 302 g/mol. The summed E-state index contributed by atoms with van der Waals surface area (Å²) in [5.74, 6) is -0.195. The normalized spacial score (nSPS) is 15.9. The van der Waals surface area contributed by atoms with Crippen LogP contribution in [0, 0.1) is 0 Å². The minimum Gasteiger partial charge on any atom is -0.468 e. The second kappa shape index (κ2) is 7.13. The van der Waals surface area contributed by atoms with Crippen LogP contribution >= 0.6 is 0 Å². The van der Waals surface area contributed by atoms with Gasteiger partial charge in [-0.3, -0.25) is 9.36 Å². The van der Waals surface area contributed by atoms with Gasteiger partial charge >= 0.3 is 6.01 Å². The molecule has 0 bridgehead atoms. The molecular formula is C11H18N4O6. The smallest absolute Gasteiger partial charge is 0.300 e. The van der Waals surface area contributed by atoms with Crippen LogP contribution in [0.15, 0.2) is 9.79 Å². The highest BCUT2D eigenvalue weighted by Gasteiger charge is 2.22. The van der Waals surface area contributed by atoms with Crippen LogP contribution in [0.3, 0.4) is 0 Å². The molecule has 0 saturated heterocycles. The van der Waals surface area contributed by atoms with Gasteiger partial charge in [-0.25, -0.2) is 4.99 Å². The predicted octanol–water partition coefficient (Wildman–Crippen LogP) is -2.85. The second-order valence-corrected chi connectivity index (χ2v) is 4.21. The van der Waals surface area contributed by atoms with Crippen LogP contribution in [0.1, 0.15) is 0 Å². The van der Waals surface area contributed by atoms with E-state index >= 15 is 0 Å². The van der Waals surface area contributed by atoms with Crippen molar-refractivity contribution in [1.82, 2.24) is 9.55 Å². The first-order chi connectivity index (χ1) is 9.83. The summed E-state index contributed by atoms with van der Waals surface area (Å²) in [6.07, 6.45) is -3.91. The Kier molecular flexibility index (Phi) is 5.79. The largest absolute Gasteiger partial charge is 0.468 e. The standard InChI is InChI=1S/C11H18N4O6/c1-15-10(20)7(12)9(14-11(15)21-2)13-3-5(17)8(19)6(18)4-16/h3,5-6,8,16-19H,4,12H2,1-2H3/b13-3+/t5-,6+,8-/m0/s1. The third-order valence-corrected chi connectivity index (χ3v) is 2.73.